The van der Waals surface area contributed by atoms with Gasteiger partial charge in [-0.15, -0.1) is 23.8 Å². The van der Waals surface area contributed by atoms with Gasteiger partial charge in [0.2, 0.25) is 0 Å². The summed E-state index contributed by atoms with van der Waals surface area (Å²) >= 11 is 0. The molecule has 1 aliphatic heterocycles. The predicted molar refractivity (Wildman–Crippen MR) is 81.6 cm³/mol. The Bertz CT molecular complexity index is 120. The van der Waals surface area contributed by atoms with Crippen molar-refractivity contribution in [3.63, 3.8) is 0 Å². The quantitative estimate of drug-likeness (QED) is 0.658. The molecule has 0 nitrogen and oxygen atoms in total. The summed E-state index contributed by atoms with van der Waals surface area (Å²) in [5, 5.41) is 0. The molecule has 0 aromatic heterocycles. The Labute approximate surface area is 100 Å². The van der Waals surface area contributed by atoms with E-state index in [2.05, 4.69) is 20.8 Å². The second-order valence-corrected chi connectivity index (χ2v) is 12.9. The molecule has 3 heteroatoms. The maximum Gasteiger partial charge on any atom is -0.0286 e. The van der Waals surface area contributed by atoms with Crippen LogP contribution < -0.4 is 0 Å². The standard InChI is InChI=1S/C12H27P3/c1-4-13-7-9-14(5-2)11-12-15(6-3)10-8-13/h4-12H2,1-3H3. The molecule has 1 fully saturated rings. The lowest BCUT2D eigenvalue weighted by Crippen LogP contribution is -1.99. The summed E-state index contributed by atoms with van der Waals surface area (Å²) in [6, 6.07) is 0. The van der Waals surface area contributed by atoms with Gasteiger partial charge >= 0.3 is 0 Å². The molecular formula is C12H27P3. The van der Waals surface area contributed by atoms with Crippen LogP contribution in [0.3, 0.4) is 0 Å². The van der Waals surface area contributed by atoms with E-state index in [1.165, 1.54) is 18.5 Å². The maximum absolute atomic E-state index is 2.42. The molecule has 1 saturated heterocycles. The van der Waals surface area contributed by atoms with E-state index >= 15 is 0 Å². The molecule has 90 valence electrons. The molecule has 15 heavy (non-hydrogen) atoms. The summed E-state index contributed by atoms with van der Waals surface area (Å²) < 4.78 is 0. The van der Waals surface area contributed by atoms with Gasteiger partial charge in [0.25, 0.3) is 0 Å². The molecule has 0 saturated carbocycles. The van der Waals surface area contributed by atoms with Gasteiger partial charge in [-0.1, -0.05) is 20.8 Å². The molecule has 0 spiro atoms. The first-order valence-electron chi connectivity index (χ1n) is 6.47. The van der Waals surface area contributed by atoms with Crippen LogP contribution in [0.25, 0.3) is 0 Å². The molecule has 0 aromatic carbocycles. The minimum Gasteiger partial charge on any atom is -0.106 e. The topological polar surface area (TPSA) is 0 Å². The summed E-state index contributed by atoms with van der Waals surface area (Å²) in [6.45, 7) is 7.27. The van der Waals surface area contributed by atoms with Gasteiger partial charge in [0.05, 0.1) is 0 Å². The van der Waals surface area contributed by atoms with Gasteiger partial charge in [0.15, 0.2) is 0 Å². The summed E-state index contributed by atoms with van der Waals surface area (Å²) in [4.78, 5) is 0. The van der Waals surface area contributed by atoms with E-state index in [9.17, 15) is 0 Å². The normalized spacial score (nSPS) is 34.2. The van der Waals surface area contributed by atoms with Gasteiger partial charge in [0.1, 0.15) is 0 Å². The van der Waals surface area contributed by atoms with E-state index in [-0.39, 0.29) is 0 Å². The zero-order valence-corrected chi connectivity index (χ0v) is 13.4. The first-order valence-corrected chi connectivity index (χ1v) is 12.2. The molecule has 1 rings (SSSR count). The minimum atomic E-state index is 0.438. The highest BCUT2D eigenvalue weighted by atomic mass is 31.1. The lowest BCUT2D eigenvalue weighted by atomic mass is 10.9. The van der Waals surface area contributed by atoms with E-state index in [0.717, 1.165) is 0 Å². The van der Waals surface area contributed by atoms with Gasteiger partial charge in [-0.05, 0) is 55.5 Å². The van der Waals surface area contributed by atoms with Crippen molar-refractivity contribution in [2.45, 2.75) is 20.8 Å². The zero-order valence-electron chi connectivity index (χ0n) is 10.7. The summed E-state index contributed by atoms with van der Waals surface area (Å²) in [6.07, 6.45) is 14.1. The van der Waals surface area contributed by atoms with Gasteiger partial charge in [-0.2, -0.15) is 0 Å². The Morgan fingerprint density at radius 2 is 0.733 bits per heavy atom. The lowest BCUT2D eigenvalue weighted by Gasteiger charge is -2.17. The fourth-order valence-corrected chi connectivity index (χ4v) is 11.5. The Kier molecular flexibility index (Phi) is 8.03. The molecule has 0 bridgehead atoms. The van der Waals surface area contributed by atoms with Crippen LogP contribution in [0.15, 0.2) is 0 Å². The Hall–Kier alpha value is 1.29. The van der Waals surface area contributed by atoms with Crippen LogP contribution in [0, 0.1) is 0 Å². The SMILES string of the molecule is CCP1CCP(CC)CCP(CC)CC1. The molecule has 0 aliphatic carbocycles. The second-order valence-electron chi connectivity index (χ2n) is 4.30. The highest BCUT2D eigenvalue weighted by Crippen LogP contribution is 2.50. The summed E-state index contributed by atoms with van der Waals surface area (Å²) in [5.41, 5.74) is 0. The summed E-state index contributed by atoms with van der Waals surface area (Å²) in [7, 11) is 1.31. The van der Waals surface area contributed by atoms with Crippen LogP contribution in [0.4, 0.5) is 0 Å². The fourth-order valence-electron chi connectivity index (χ4n) is 2.13. The summed E-state index contributed by atoms with van der Waals surface area (Å²) in [5.74, 6) is 0. The average Bonchev–Trinajstić information content (AvgIpc) is 2.38. The van der Waals surface area contributed by atoms with Crippen LogP contribution in [-0.4, -0.2) is 55.5 Å². The number of hydrogen-bond donors (Lipinski definition) is 0. The molecule has 0 amide bonds. The Morgan fingerprint density at radius 1 is 0.533 bits per heavy atom. The van der Waals surface area contributed by atoms with Crippen molar-refractivity contribution in [2.75, 3.05) is 55.5 Å². The van der Waals surface area contributed by atoms with Crippen molar-refractivity contribution in [3.8, 4) is 0 Å². The van der Waals surface area contributed by atoms with Crippen molar-refractivity contribution in [1.82, 2.24) is 0 Å². The monoisotopic (exact) mass is 264 g/mol. The van der Waals surface area contributed by atoms with E-state index in [0.29, 0.717) is 23.8 Å². The largest absolute Gasteiger partial charge is 0.106 e. The van der Waals surface area contributed by atoms with E-state index in [4.69, 9.17) is 0 Å². The van der Waals surface area contributed by atoms with E-state index < -0.39 is 0 Å². The van der Waals surface area contributed by atoms with Crippen LogP contribution in [-0.2, 0) is 0 Å². The zero-order chi connectivity index (χ0) is 11.1. The predicted octanol–water partition coefficient (Wildman–Crippen LogP) is 4.51. The molecule has 1 aliphatic rings. The second kappa shape index (κ2) is 8.39. The van der Waals surface area contributed by atoms with Crippen molar-refractivity contribution < 1.29 is 0 Å². The first-order chi connectivity index (χ1) is 7.30. The molecule has 0 aromatic rings. The van der Waals surface area contributed by atoms with Crippen LogP contribution in [0.1, 0.15) is 20.8 Å². The smallest absolute Gasteiger partial charge is 0.0286 e. The van der Waals surface area contributed by atoms with Crippen molar-refractivity contribution >= 4 is 23.8 Å². The molecule has 1 heterocycles. The van der Waals surface area contributed by atoms with E-state index in [1.807, 2.05) is 0 Å². The molecule has 0 radical (unpaired) electrons. The van der Waals surface area contributed by atoms with Gasteiger partial charge in [0, 0.05) is 0 Å². The van der Waals surface area contributed by atoms with E-state index in [1.54, 1.807) is 37.0 Å². The van der Waals surface area contributed by atoms with Gasteiger partial charge in [-0.3, -0.25) is 0 Å². The molecule has 0 N–H and O–H groups in total. The Balaban J connectivity index is 2.47. The fraction of sp³-hybridized carbons (Fsp3) is 1.00. The van der Waals surface area contributed by atoms with Crippen molar-refractivity contribution in [2.24, 2.45) is 0 Å². The minimum absolute atomic E-state index is 0.438. The number of hydrogen-bond acceptors (Lipinski definition) is 0. The van der Waals surface area contributed by atoms with Crippen molar-refractivity contribution in [3.05, 3.63) is 0 Å². The van der Waals surface area contributed by atoms with Gasteiger partial charge < -0.3 is 0 Å². The third kappa shape index (κ3) is 5.44. The number of rotatable bonds is 3. The molecule has 0 unspecified atom stereocenters. The van der Waals surface area contributed by atoms with Crippen LogP contribution in [0.2, 0.25) is 0 Å². The lowest BCUT2D eigenvalue weighted by molar-refractivity contribution is 1.34. The molecular weight excluding hydrogens is 237 g/mol. The highest BCUT2D eigenvalue weighted by Gasteiger charge is 2.17. The Morgan fingerprint density at radius 3 is 0.867 bits per heavy atom. The van der Waals surface area contributed by atoms with Gasteiger partial charge in [-0.25, -0.2) is 0 Å². The maximum atomic E-state index is 2.42. The van der Waals surface area contributed by atoms with Crippen LogP contribution >= 0.6 is 23.8 Å². The average molecular weight is 264 g/mol. The highest BCUT2D eigenvalue weighted by molar-refractivity contribution is 7.65. The first kappa shape index (κ1) is 14.4. The third-order valence-electron chi connectivity index (χ3n) is 3.54. The van der Waals surface area contributed by atoms with Crippen LogP contribution in [0.5, 0.6) is 0 Å². The molecule has 0 atom stereocenters. The third-order valence-corrected chi connectivity index (χ3v) is 12.4. The van der Waals surface area contributed by atoms with Crippen molar-refractivity contribution in [1.29, 1.82) is 0 Å².